The van der Waals surface area contributed by atoms with Gasteiger partial charge in [-0.25, -0.2) is 0 Å². The van der Waals surface area contributed by atoms with Crippen molar-refractivity contribution in [3.05, 3.63) is 58.9 Å². The Morgan fingerprint density at radius 3 is 2.48 bits per heavy atom. The molecule has 0 atom stereocenters. The number of hydrogen-bond acceptors (Lipinski definition) is 3. The average Bonchev–Trinajstić information content (AvgIpc) is 2.36. The zero-order chi connectivity index (χ0) is 15.6. The number of aryl methyl sites for hydroxylation is 2. The lowest BCUT2D eigenvalue weighted by Gasteiger charge is -2.13. The van der Waals surface area contributed by atoms with E-state index in [1.807, 2.05) is 6.92 Å². The predicted molar refractivity (Wildman–Crippen MR) is 70.3 cm³/mol. The lowest BCUT2D eigenvalue weighted by molar-refractivity contribution is -0.274. The van der Waals surface area contributed by atoms with Crippen LogP contribution in [0.25, 0.3) is 0 Å². The molecule has 0 fully saturated rings. The highest BCUT2D eigenvalue weighted by Gasteiger charge is 2.33. The Morgan fingerprint density at radius 2 is 1.86 bits per heavy atom. The first kappa shape index (κ1) is 15.0. The summed E-state index contributed by atoms with van der Waals surface area (Å²) in [6.07, 6.45) is -3.36. The molecule has 0 aliphatic heterocycles. The summed E-state index contributed by atoms with van der Waals surface area (Å²) in [6, 6.07) is 6.97. The molecule has 0 aliphatic carbocycles. The highest BCUT2D eigenvalue weighted by atomic mass is 19.4. The van der Waals surface area contributed by atoms with E-state index < -0.39 is 17.9 Å². The van der Waals surface area contributed by atoms with Crippen LogP contribution in [0.1, 0.15) is 27.2 Å². The van der Waals surface area contributed by atoms with Gasteiger partial charge in [-0.2, -0.15) is 0 Å². The lowest BCUT2D eigenvalue weighted by atomic mass is 10.0. The van der Waals surface area contributed by atoms with E-state index in [1.165, 1.54) is 24.4 Å². The number of hydrogen-bond donors (Lipinski definition) is 0. The lowest BCUT2D eigenvalue weighted by Crippen LogP contribution is -2.19. The summed E-state index contributed by atoms with van der Waals surface area (Å²) in [6.45, 7) is 3.50. The van der Waals surface area contributed by atoms with E-state index >= 15 is 0 Å². The summed E-state index contributed by atoms with van der Waals surface area (Å²) in [7, 11) is 0. The van der Waals surface area contributed by atoms with Crippen LogP contribution in [0.15, 0.2) is 36.5 Å². The minimum Gasteiger partial charge on any atom is -0.405 e. The Bertz CT molecular complexity index is 681. The molecule has 0 amide bonds. The largest absolute Gasteiger partial charge is 0.573 e. The molecule has 0 saturated carbocycles. The van der Waals surface area contributed by atoms with Crippen LogP contribution < -0.4 is 4.74 Å². The molecule has 3 nitrogen and oxygen atoms in total. The minimum absolute atomic E-state index is 0.110. The third-order valence-corrected chi connectivity index (χ3v) is 2.79. The fraction of sp³-hybridized carbons (Fsp3) is 0.200. The Kier molecular flexibility index (Phi) is 3.97. The fourth-order valence-electron chi connectivity index (χ4n) is 1.95. The highest BCUT2D eigenvalue weighted by molar-refractivity contribution is 6.10. The summed E-state index contributed by atoms with van der Waals surface area (Å²) in [4.78, 5) is 16.4. The molecule has 0 bridgehead atoms. The first-order chi connectivity index (χ1) is 9.78. The van der Waals surface area contributed by atoms with Gasteiger partial charge in [-0.05, 0) is 37.1 Å². The molecule has 110 valence electrons. The van der Waals surface area contributed by atoms with Gasteiger partial charge in [0.25, 0.3) is 0 Å². The number of alkyl halides is 3. The van der Waals surface area contributed by atoms with E-state index in [0.717, 1.165) is 11.6 Å². The van der Waals surface area contributed by atoms with Gasteiger partial charge in [-0.15, -0.1) is 13.2 Å². The van der Waals surface area contributed by atoms with E-state index in [9.17, 15) is 18.0 Å². The number of halogens is 3. The van der Waals surface area contributed by atoms with Crippen LogP contribution in [0.3, 0.4) is 0 Å². The standard InChI is InChI=1S/C15H12F3NO2/c1-9-7-10(2)13(19-8-9)14(20)11-5-3-4-6-12(11)21-15(16,17)18/h3-8H,1-2H3. The molecule has 0 spiro atoms. The van der Waals surface area contributed by atoms with Crippen LogP contribution in [0.2, 0.25) is 0 Å². The van der Waals surface area contributed by atoms with Crippen LogP contribution in [-0.2, 0) is 0 Å². The molecule has 0 unspecified atom stereocenters. The second kappa shape index (κ2) is 5.55. The number of benzene rings is 1. The highest BCUT2D eigenvalue weighted by Crippen LogP contribution is 2.28. The van der Waals surface area contributed by atoms with Crippen molar-refractivity contribution in [3.63, 3.8) is 0 Å². The first-order valence-electron chi connectivity index (χ1n) is 6.10. The summed E-state index contributed by atoms with van der Waals surface area (Å²) in [5.41, 5.74) is 1.40. The molecular weight excluding hydrogens is 283 g/mol. The normalized spacial score (nSPS) is 11.3. The molecule has 2 rings (SSSR count). The van der Waals surface area contributed by atoms with Gasteiger partial charge >= 0.3 is 6.36 Å². The Hall–Kier alpha value is -2.37. The number of ether oxygens (including phenoxy) is 1. The van der Waals surface area contributed by atoms with Gasteiger partial charge in [0, 0.05) is 6.20 Å². The number of aromatic nitrogens is 1. The smallest absolute Gasteiger partial charge is 0.405 e. The van der Waals surface area contributed by atoms with Crippen molar-refractivity contribution in [2.45, 2.75) is 20.2 Å². The second-order valence-corrected chi connectivity index (χ2v) is 4.55. The second-order valence-electron chi connectivity index (χ2n) is 4.55. The average molecular weight is 295 g/mol. The summed E-state index contributed by atoms with van der Waals surface area (Å²) < 4.78 is 41.0. The van der Waals surface area contributed by atoms with Crippen molar-refractivity contribution in [1.29, 1.82) is 0 Å². The van der Waals surface area contributed by atoms with Gasteiger partial charge < -0.3 is 4.74 Å². The van der Waals surface area contributed by atoms with Crippen molar-refractivity contribution < 1.29 is 22.7 Å². The zero-order valence-corrected chi connectivity index (χ0v) is 11.4. The maximum absolute atomic E-state index is 12.4. The van der Waals surface area contributed by atoms with Crippen LogP contribution in [-0.4, -0.2) is 17.1 Å². The first-order valence-corrected chi connectivity index (χ1v) is 6.10. The Balaban J connectivity index is 2.44. The third kappa shape index (κ3) is 3.59. The van der Waals surface area contributed by atoms with E-state index in [4.69, 9.17) is 0 Å². The zero-order valence-electron chi connectivity index (χ0n) is 11.4. The summed E-state index contributed by atoms with van der Waals surface area (Å²) in [5, 5.41) is 0. The van der Waals surface area contributed by atoms with Crippen molar-refractivity contribution in [2.75, 3.05) is 0 Å². The van der Waals surface area contributed by atoms with Gasteiger partial charge in [-0.3, -0.25) is 9.78 Å². The molecule has 0 saturated heterocycles. The van der Waals surface area contributed by atoms with Crippen LogP contribution in [0, 0.1) is 13.8 Å². The van der Waals surface area contributed by atoms with Gasteiger partial charge in [0.2, 0.25) is 5.78 Å². The number of carbonyl (C=O) groups is 1. The molecule has 1 aromatic heterocycles. The molecule has 21 heavy (non-hydrogen) atoms. The monoisotopic (exact) mass is 295 g/mol. The number of nitrogens with zero attached hydrogens (tertiary/aromatic N) is 1. The van der Waals surface area contributed by atoms with Crippen molar-refractivity contribution in [3.8, 4) is 5.75 Å². The molecule has 1 aromatic carbocycles. The predicted octanol–water partition coefficient (Wildman–Crippen LogP) is 3.83. The topological polar surface area (TPSA) is 39.2 Å². The van der Waals surface area contributed by atoms with Crippen molar-refractivity contribution >= 4 is 5.78 Å². The number of rotatable bonds is 3. The molecule has 1 heterocycles. The minimum atomic E-state index is -4.86. The van der Waals surface area contributed by atoms with Crippen LogP contribution in [0.5, 0.6) is 5.75 Å². The molecular formula is C15H12F3NO2. The van der Waals surface area contributed by atoms with E-state index in [-0.39, 0.29) is 11.3 Å². The Labute approximate surface area is 119 Å². The van der Waals surface area contributed by atoms with E-state index in [2.05, 4.69) is 9.72 Å². The van der Waals surface area contributed by atoms with E-state index in [0.29, 0.717) is 5.56 Å². The molecule has 0 radical (unpaired) electrons. The maximum atomic E-state index is 12.4. The third-order valence-electron chi connectivity index (χ3n) is 2.79. The van der Waals surface area contributed by atoms with Gasteiger partial charge in [0.05, 0.1) is 5.56 Å². The molecule has 6 heteroatoms. The number of ketones is 1. The number of carbonyl (C=O) groups excluding carboxylic acids is 1. The van der Waals surface area contributed by atoms with Gasteiger partial charge in [0.1, 0.15) is 11.4 Å². The summed E-state index contributed by atoms with van der Waals surface area (Å²) in [5.74, 6) is -1.14. The molecule has 0 N–H and O–H groups in total. The SMILES string of the molecule is Cc1cnc(C(=O)c2ccccc2OC(F)(F)F)c(C)c1. The fourth-order valence-corrected chi connectivity index (χ4v) is 1.95. The van der Waals surface area contributed by atoms with E-state index in [1.54, 1.807) is 13.0 Å². The number of pyridine rings is 1. The van der Waals surface area contributed by atoms with Gasteiger partial charge in [-0.1, -0.05) is 18.2 Å². The van der Waals surface area contributed by atoms with Crippen molar-refractivity contribution in [1.82, 2.24) is 4.98 Å². The number of para-hydroxylation sites is 1. The maximum Gasteiger partial charge on any atom is 0.573 e. The molecule has 0 aliphatic rings. The molecule has 2 aromatic rings. The quantitative estimate of drug-likeness (QED) is 0.808. The van der Waals surface area contributed by atoms with Crippen LogP contribution >= 0.6 is 0 Å². The Morgan fingerprint density at radius 1 is 1.19 bits per heavy atom. The summed E-state index contributed by atoms with van der Waals surface area (Å²) >= 11 is 0. The van der Waals surface area contributed by atoms with Crippen molar-refractivity contribution in [2.24, 2.45) is 0 Å². The van der Waals surface area contributed by atoms with Gasteiger partial charge in [0.15, 0.2) is 0 Å². The van der Waals surface area contributed by atoms with Crippen LogP contribution in [0.4, 0.5) is 13.2 Å².